The SMILES string of the molecule is O=C(COc1ccc(Cl)c(F)c1)CC12CC(C(=O)CCCc3cnc[nH]3)(C1)C2. The molecule has 28 heavy (non-hydrogen) atoms. The number of carbonyl (C=O) groups is 2. The smallest absolute Gasteiger partial charge is 0.170 e. The summed E-state index contributed by atoms with van der Waals surface area (Å²) in [6.45, 7) is -0.0893. The maximum absolute atomic E-state index is 13.4. The quantitative estimate of drug-likeness (QED) is 0.640. The number of nitrogens with zero attached hydrogens (tertiary/aromatic N) is 1. The number of carbonyl (C=O) groups excluding carboxylic acids is 2. The average Bonchev–Trinajstić information content (AvgIpc) is 3.11. The number of H-pyrrole nitrogens is 1. The van der Waals surface area contributed by atoms with Gasteiger partial charge in [0.2, 0.25) is 0 Å². The highest BCUT2D eigenvalue weighted by atomic mass is 35.5. The zero-order valence-electron chi connectivity index (χ0n) is 15.5. The molecule has 1 heterocycles. The lowest BCUT2D eigenvalue weighted by Gasteiger charge is -2.70. The van der Waals surface area contributed by atoms with Gasteiger partial charge in [0.1, 0.15) is 24.0 Å². The zero-order valence-corrected chi connectivity index (χ0v) is 16.2. The van der Waals surface area contributed by atoms with E-state index in [-0.39, 0.29) is 34.0 Å². The number of benzene rings is 1. The van der Waals surface area contributed by atoms with Crippen molar-refractivity contribution in [3.63, 3.8) is 0 Å². The molecule has 0 atom stereocenters. The van der Waals surface area contributed by atoms with Gasteiger partial charge in [-0.3, -0.25) is 9.59 Å². The summed E-state index contributed by atoms with van der Waals surface area (Å²) in [7, 11) is 0. The molecule has 3 fully saturated rings. The summed E-state index contributed by atoms with van der Waals surface area (Å²) in [4.78, 5) is 31.8. The predicted octanol–water partition coefficient (Wildman–Crippen LogP) is 4.30. The van der Waals surface area contributed by atoms with E-state index in [2.05, 4.69) is 9.97 Å². The van der Waals surface area contributed by atoms with Crippen LogP contribution >= 0.6 is 11.6 Å². The number of hydrogen-bond acceptors (Lipinski definition) is 4. The van der Waals surface area contributed by atoms with E-state index in [1.807, 2.05) is 0 Å². The van der Waals surface area contributed by atoms with Gasteiger partial charge in [0.25, 0.3) is 0 Å². The number of ketones is 2. The Morgan fingerprint density at radius 1 is 1.29 bits per heavy atom. The molecule has 0 spiro atoms. The lowest BCUT2D eigenvalue weighted by Crippen LogP contribution is -2.65. The Kier molecular flexibility index (Phi) is 5.00. The highest BCUT2D eigenvalue weighted by Gasteiger charge is 2.70. The van der Waals surface area contributed by atoms with Crippen LogP contribution in [0.1, 0.15) is 44.2 Å². The van der Waals surface area contributed by atoms with Gasteiger partial charge >= 0.3 is 0 Å². The maximum Gasteiger partial charge on any atom is 0.170 e. The van der Waals surface area contributed by atoms with Gasteiger partial charge in [0.05, 0.1) is 11.3 Å². The van der Waals surface area contributed by atoms with Crippen LogP contribution in [0.2, 0.25) is 5.02 Å². The Hall–Kier alpha value is -2.21. The number of ether oxygens (including phenoxy) is 1. The molecule has 0 unspecified atom stereocenters. The van der Waals surface area contributed by atoms with E-state index in [1.54, 1.807) is 12.5 Å². The van der Waals surface area contributed by atoms with Crippen molar-refractivity contribution in [2.45, 2.75) is 44.9 Å². The Morgan fingerprint density at radius 3 is 2.75 bits per heavy atom. The number of nitrogens with one attached hydrogen (secondary N) is 1. The molecule has 0 radical (unpaired) electrons. The minimum Gasteiger partial charge on any atom is -0.486 e. The monoisotopic (exact) mass is 404 g/mol. The summed E-state index contributed by atoms with van der Waals surface area (Å²) in [5.74, 6) is 0.0281. The van der Waals surface area contributed by atoms with Crippen LogP contribution in [-0.4, -0.2) is 28.1 Å². The van der Waals surface area contributed by atoms with E-state index in [1.165, 1.54) is 18.2 Å². The normalized spacial score (nSPS) is 24.9. The van der Waals surface area contributed by atoms with Gasteiger partial charge in [-0.2, -0.15) is 0 Å². The van der Waals surface area contributed by atoms with Crippen molar-refractivity contribution in [1.29, 1.82) is 0 Å². The molecular weight excluding hydrogens is 383 g/mol. The first kappa shape index (κ1) is 19.1. The van der Waals surface area contributed by atoms with Crippen LogP contribution in [0.25, 0.3) is 0 Å². The second-order valence-electron chi connectivity index (χ2n) is 8.24. The minimum atomic E-state index is -0.570. The standard InChI is InChI=1S/C21H22ClFN2O3/c22-17-5-4-16(6-18(17)23)28-9-15(26)7-20-10-21(11-20,12-20)19(27)3-1-2-14-8-24-13-25-14/h4-6,8,13H,1-3,7,9-12H2,(H,24,25). The van der Waals surface area contributed by atoms with Gasteiger partial charge in [-0.05, 0) is 49.7 Å². The molecule has 2 bridgehead atoms. The van der Waals surface area contributed by atoms with Crippen molar-refractivity contribution in [2.24, 2.45) is 10.8 Å². The first-order valence-electron chi connectivity index (χ1n) is 9.50. The van der Waals surface area contributed by atoms with E-state index in [0.29, 0.717) is 18.6 Å². The third-order valence-corrected chi connectivity index (χ3v) is 6.31. The van der Waals surface area contributed by atoms with Crippen LogP contribution in [0.4, 0.5) is 4.39 Å². The molecule has 5 nitrogen and oxygen atoms in total. The number of aromatic amines is 1. The van der Waals surface area contributed by atoms with Gasteiger partial charge < -0.3 is 9.72 Å². The minimum absolute atomic E-state index is 0.0182. The summed E-state index contributed by atoms with van der Waals surface area (Å²) in [5.41, 5.74) is 0.840. The Bertz CT molecular complexity index is 877. The van der Waals surface area contributed by atoms with Crippen LogP contribution in [0, 0.1) is 16.6 Å². The van der Waals surface area contributed by atoms with E-state index < -0.39 is 5.82 Å². The third-order valence-electron chi connectivity index (χ3n) is 6.00. The molecule has 0 amide bonds. The van der Waals surface area contributed by atoms with Gasteiger partial charge in [-0.1, -0.05) is 11.6 Å². The first-order valence-corrected chi connectivity index (χ1v) is 9.88. The lowest BCUT2D eigenvalue weighted by molar-refractivity contribution is -0.208. The fraction of sp³-hybridized carbons (Fsp3) is 0.476. The van der Waals surface area contributed by atoms with Crippen LogP contribution < -0.4 is 4.74 Å². The molecular formula is C21H22ClFN2O3. The largest absolute Gasteiger partial charge is 0.486 e. The number of imidazole rings is 1. The van der Waals surface area contributed by atoms with Crippen LogP contribution in [0.5, 0.6) is 5.75 Å². The first-order chi connectivity index (χ1) is 13.4. The number of aryl methyl sites for hydroxylation is 1. The number of Topliss-reactive ketones (excluding diaryl/α,β-unsaturated/α-hetero) is 2. The lowest BCUT2D eigenvalue weighted by atomic mass is 9.33. The Balaban J connectivity index is 1.18. The number of aromatic nitrogens is 2. The van der Waals surface area contributed by atoms with Crippen molar-refractivity contribution in [1.82, 2.24) is 9.97 Å². The second kappa shape index (κ2) is 7.32. The fourth-order valence-corrected chi connectivity index (χ4v) is 4.92. The molecule has 0 aliphatic heterocycles. The van der Waals surface area contributed by atoms with Gasteiger partial charge in [0.15, 0.2) is 5.78 Å². The van der Waals surface area contributed by atoms with Crippen LogP contribution in [0.3, 0.4) is 0 Å². The topological polar surface area (TPSA) is 72.1 Å². The summed E-state index contributed by atoms with van der Waals surface area (Å²) in [6.07, 6.45) is 8.51. The number of hydrogen-bond donors (Lipinski definition) is 1. The second-order valence-corrected chi connectivity index (χ2v) is 8.65. The summed E-state index contributed by atoms with van der Waals surface area (Å²) < 4.78 is 18.8. The van der Waals surface area contributed by atoms with Crippen LogP contribution in [0.15, 0.2) is 30.7 Å². The van der Waals surface area contributed by atoms with Crippen molar-refractivity contribution >= 4 is 23.2 Å². The average molecular weight is 405 g/mol. The number of halogens is 2. The van der Waals surface area contributed by atoms with E-state index in [0.717, 1.165) is 37.8 Å². The molecule has 5 rings (SSSR count). The molecule has 3 saturated carbocycles. The molecule has 148 valence electrons. The molecule has 1 aromatic heterocycles. The molecule has 0 saturated heterocycles. The van der Waals surface area contributed by atoms with Crippen LogP contribution in [-0.2, 0) is 16.0 Å². The van der Waals surface area contributed by atoms with E-state index in [4.69, 9.17) is 16.3 Å². The highest BCUT2D eigenvalue weighted by Crippen LogP contribution is 2.75. The van der Waals surface area contributed by atoms with Crippen molar-refractivity contribution in [3.05, 3.63) is 47.3 Å². The molecule has 1 aromatic carbocycles. The molecule has 7 heteroatoms. The maximum atomic E-state index is 13.4. The van der Waals surface area contributed by atoms with Crippen molar-refractivity contribution in [2.75, 3.05) is 6.61 Å². The number of rotatable bonds is 10. The molecule has 3 aliphatic carbocycles. The molecule has 1 N–H and O–H groups in total. The summed E-state index contributed by atoms with van der Waals surface area (Å²) in [5, 5.41) is 0.0204. The highest BCUT2D eigenvalue weighted by molar-refractivity contribution is 6.30. The summed E-state index contributed by atoms with van der Waals surface area (Å²) >= 11 is 5.63. The summed E-state index contributed by atoms with van der Waals surface area (Å²) in [6, 6.07) is 4.11. The zero-order chi connectivity index (χ0) is 19.8. The Labute approximate surface area is 167 Å². The third kappa shape index (κ3) is 3.70. The van der Waals surface area contributed by atoms with E-state index in [9.17, 15) is 14.0 Å². The van der Waals surface area contributed by atoms with Crippen molar-refractivity contribution in [3.8, 4) is 5.75 Å². The van der Waals surface area contributed by atoms with Gasteiger partial charge in [-0.15, -0.1) is 0 Å². The molecule has 3 aliphatic rings. The van der Waals surface area contributed by atoms with Gasteiger partial charge in [-0.25, -0.2) is 9.37 Å². The van der Waals surface area contributed by atoms with E-state index >= 15 is 0 Å². The Morgan fingerprint density at radius 2 is 2.07 bits per heavy atom. The van der Waals surface area contributed by atoms with Crippen molar-refractivity contribution < 1.29 is 18.7 Å². The fourth-order valence-electron chi connectivity index (χ4n) is 4.81. The predicted molar refractivity (Wildman–Crippen MR) is 102 cm³/mol. The molecule has 2 aromatic rings. The van der Waals surface area contributed by atoms with Gasteiger partial charge in [0, 0.05) is 36.2 Å².